The van der Waals surface area contributed by atoms with Gasteiger partial charge in [-0.2, -0.15) is 4.89 Å². The third-order valence-corrected chi connectivity index (χ3v) is 2.96. The summed E-state index contributed by atoms with van der Waals surface area (Å²) in [5.74, 6) is -0.862. The number of carboxylic acid groups (broad SMARTS) is 1. The van der Waals surface area contributed by atoms with Crippen LogP contribution >= 0.6 is 8.03 Å². The Morgan fingerprint density at radius 3 is 2.33 bits per heavy atom. The van der Waals surface area contributed by atoms with Crippen molar-refractivity contribution in [2.45, 2.75) is 38.3 Å². The minimum absolute atomic E-state index is 0.0621. The molecule has 12 heavy (non-hydrogen) atoms. The molecule has 0 saturated heterocycles. The van der Waals surface area contributed by atoms with Crippen LogP contribution in [-0.4, -0.2) is 21.1 Å². The Morgan fingerprint density at radius 1 is 1.50 bits per heavy atom. The van der Waals surface area contributed by atoms with Gasteiger partial charge in [-0.15, -0.1) is 0 Å². The van der Waals surface area contributed by atoms with Gasteiger partial charge in [0, 0.05) is 6.42 Å². The van der Waals surface area contributed by atoms with Gasteiger partial charge in [0.1, 0.15) is 0 Å². The van der Waals surface area contributed by atoms with Crippen molar-refractivity contribution in [3.63, 3.8) is 0 Å². The maximum absolute atomic E-state index is 10.7. The van der Waals surface area contributed by atoms with Gasteiger partial charge in [-0.3, -0.25) is 4.79 Å². The summed E-state index contributed by atoms with van der Waals surface area (Å²) in [7, 11) is -2.22. The molecule has 5 heteroatoms. The molecule has 4 nitrogen and oxygen atoms in total. The molecule has 0 fully saturated rings. The Labute approximate surface area is 72.5 Å². The van der Waals surface area contributed by atoms with E-state index in [2.05, 4.69) is 0 Å². The lowest BCUT2D eigenvalue weighted by atomic mass is 10.1. The zero-order chi connectivity index (χ0) is 9.78. The summed E-state index contributed by atoms with van der Waals surface area (Å²) >= 11 is 0. The molecule has 0 aromatic carbocycles. The topological polar surface area (TPSA) is 74.6 Å². The van der Waals surface area contributed by atoms with Gasteiger partial charge in [0.25, 0.3) is 0 Å². The number of carbonyl (C=O) groups is 1. The summed E-state index contributed by atoms with van der Waals surface area (Å²) in [4.78, 5) is 18.9. The molecule has 0 spiro atoms. The van der Waals surface area contributed by atoms with Crippen LogP contribution in [0.2, 0.25) is 0 Å². The third-order valence-electron chi connectivity index (χ3n) is 1.70. The summed E-state index contributed by atoms with van der Waals surface area (Å²) < 4.78 is 10.7. The van der Waals surface area contributed by atoms with E-state index in [1.807, 2.05) is 0 Å². The van der Waals surface area contributed by atoms with Crippen molar-refractivity contribution in [1.29, 1.82) is 0 Å². The lowest BCUT2D eigenvalue weighted by Gasteiger charge is -2.08. The molecule has 2 N–H and O–H groups in total. The van der Waals surface area contributed by atoms with E-state index in [1.165, 1.54) is 0 Å². The van der Waals surface area contributed by atoms with Crippen LogP contribution in [0.1, 0.15) is 33.1 Å². The van der Waals surface area contributed by atoms with Gasteiger partial charge in [-0.25, -0.2) is 0 Å². The Kier molecular flexibility index (Phi) is 4.35. The molecule has 0 bridgehead atoms. The first-order valence-corrected chi connectivity index (χ1v) is 4.95. The highest BCUT2D eigenvalue weighted by Crippen LogP contribution is 2.38. The van der Waals surface area contributed by atoms with Gasteiger partial charge < -0.3 is 5.11 Å². The first-order valence-electron chi connectivity index (χ1n) is 3.74. The maximum atomic E-state index is 10.7. The highest BCUT2D eigenvalue weighted by atomic mass is 31.1. The van der Waals surface area contributed by atoms with E-state index < -0.39 is 19.2 Å². The maximum Gasteiger partial charge on any atom is 0.511 e. The van der Waals surface area contributed by atoms with Crippen LogP contribution in [-0.2, 0) is 9.36 Å². The molecule has 0 aliphatic carbocycles. The van der Waals surface area contributed by atoms with Crippen LogP contribution in [0.5, 0.6) is 0 Å². The van der Waals surface area contributed by atoms with Gasteiger partial charge in [-0.1, -0.05) is 0 Å². The highest BCUT2D eigenvalue weighted by Gasteiger charge is 2.38. The second-order valence-corrected chi connectivity index (χ2v) is 5.09. The monoisotopic (exact) mass is 193 g/mol. The molecule has 0 heterocycles. The number of rotatable bonds is 5. The molecule has 0 aromatic heterocycles. The minimum Gasteiger partial charge on any atom is -0.481 e. The van der Waals surface area contributed by atoms with Gasteiger partial charge in [-0.05, 0) is 31.3 Å². The van der Waals surface area contributed by atoms with Gasteiger partial charge in [0.05, 0.1) is 0 Å². The van der Waals surface area contributed by atoms with Gasteiger partial charge >= 0.3 is 14.0 Å². The fourth-order valence-electron chi connectivity index (χ4n) is 0.768. The average Bonchev–Trinajstić information content (AvgIpc) is 1.85. The van der Waals surface area contributed by atoms with Gasteiger partial charge in [0.15, 0.2) is 5.16 Å². The van der Waals surface area contributed by atoms with Crippen LogP contribution in [0.3, 0.4) is 0 Å². The average molecular weight is 193 g/mol. The molecule has 0 amide bonds. The van der Waals surface area contributed by atoms with Crippen LogP contribution in [0.15, 0.2) is 0 Å². The van der Waals surface area contributed by atoms with Crippen molar-refractivity contribution in [3.05, 3.63) is 0 Å². The molecule has 0 radical (unpaired) electrons. The summed E-state index contributed by atoms with van der Waals surface area (Å²) in [6.45, 7) is 3.32. The van der Waals surface area contributed by atoms with E-state index in [1.54, 1.807) is 13.8 Å². The van der Waals surface area contributed by atoms with Crippen molar-refractivity contribution in [2.75, 3.05) is 0 Å². The predicted octanol–water partition coefficient (Wildman–Crippen LogP) is 1.75. The Morgan fingerprint density at radius 2 is 2.00 bits per heavy atom. The van der Waals surface area contributed by atoms with E-state index in [0.29, 0.717) is 12.8 Å². The van der Waals surface area contributed by atoms with Crippen LogP contribution in [0, 0.1) is 0 Å². The Balaban J connectivity index is 3.76. The molecule has 0 aromatic rings. The third kappa shape index (κ3) is 4.42. The molecular weight excluding hydrogens is 179 g/mol. The molecule has 0 saturated carbocycles. The number of hydrogen-bond donors (Lipinski definition) is 2. The van der Waals surface area contributed by atoms with E-state index in [-0.39, 0.29) is 6.42 Å². The first kappa shape index (κ1) is 11.5. The first-order chi connectivity index (χ1) is 5.36. The predicted molar refractivity (Wildman–Crippen MR) is 45.4 cm³/mol. The fraction of sp³-hybridized carbons (Fsp3) is 0.857. The summed E-state index contributed by atoms with van der Waals surface area (Å²) in [6.07, 6.45) is 0.974. The van der Waals surface area contributed by atoms with E-state index >= 15 is 0 Å². The standard InChI is InChI=1S/C7H13O4P/c1-7(2,12(10)11)5-3-4-6(8)9/h3-5H2,1-2H3,(H-,8,9,10,11)/p+1. The molecule has 0 aliphatic rings. The van der Waals surface area contributed by atoms with Gasteiger partial charge in [0.2, 0.25) is 0 Å². The second-order valence-electron chi connectivity index (χ2n) is 3.33. The van der Waals surface area contributed by atoms with E-state index in [4.69, 9.17) is 10.00 Å². The molecule has 0 rings (SSSR count). The number of carboxylic acids is 1. The molecular formula is C7H14O4P+. The summed E-state index contributed by atoms with van der Waals surface area (Å²) in [5, 5.41) is 7.65. The lowest BCUT2D eigenvalue weighted by molar-refractivity contribution is -0.137. The van der Waals surface area contributed by atoms with Crippen LogP contribution in [0.25, 0.3) is 0 Å². The van der Waals surface area contributed by atoms with Crippen molar-refractivity contribution >= 4 is 14.0 Å². The Bertz CT molecular complexity index is 188. The summed E-state index contributed by atoms with van der Waals surface area (Å²) in [5.41, 5.74) is 0. The molecule has 70 valence electrons. The van der Waals surface area contributed by atoms with Crippen molar-refractivity contribution < 1.29 is 19.4 Å². The zero-order valence-corrected chi connectivity index (χ0v) is 8.17. The van der Waals surface area contributed by atoms with Crippen LogP contribution < -0.4 is 0 Å². The lowest BCUT2D eigenvalue weighted by Crippen LogP contribution is -2.14. The quantitative estimate of drug-likeness (QED) is 0.652. The van der Waals surface area contributed by atoms with E-state index in [9.17, 15) is 9.36 Å². The molecule has 0 aliphatic heterocycles. The smallest absolute Gasteiger partial charge is 0.481 e. The van der Waals surface area contributed by atoms with Crippen molar-refractivity contribution in [3.8, 4) is 0 Å². The zero-order valence-electron chi connectivity index (χ0n) is 7.28. The molecule has 1 unspecified atom stereocenters. The Hall–Kier alpha value is -0.470. The van der Waals surface area contributed by atoms with Crippen molar-refractivity contribution in [2.24, 2.45) is 0 Å². The fourth-order valence-corrected chi connectivity index (χ4v) is 1.12. The molecule has 1 atom stereocenters. The van der Waals surface area contributed by atoms with E-state index in [0.717, 1.165) is 0 Å². The minimum atomic E-state index is -2.22. The second kappa shape index (κ2) is 4.53. The SMILES string of the molecule is CC(C)(CCCC(=O)O)[P+](=O)O. The van der Waals surface area contributed by atoms with Crippen molar-refractivity contribution in [1.82, 2.24) is 0 Å². The highest BCUT2D eigenvalue weighted by molar-refractivity contribution is 7.39. The summed E-state index contributed by atoms with van der Waals surface area (Å²) in [6, 6.07) is 0. The van der Waals surface area contributed by atoms with Crippen LogP contribution in [0.4, 0.5) is 0 Å². The largest absolute Gasteiger partial charge is 0.511 e. The number of aliphatic carboxylic acids is 1. The number of hydrogen-bond acceptors (Lipinski definition) is 2. The normalized spacial score (nSPS) is 12.8.